The summed E-state index contributed by atoms with van der Waals surface area (Å²) in [6, 6.07) is 0. The highest BCUT2D eigenvalue weighted by molar-refractivity contribution is 4.43. The minimum absolute atomic E-state index is 0.0449. The largest absolute Gasteiger partial charge is 0.377 e. The molecule has 0 rings (SSSR count). The van der Waals surface area contributed by atoms with E-state index >= 15 is 0 Å². The highest BCUT2D eigenvalue weighted by Crippen LogP contribution is 1.85. The Morgan fingerprint density at radius 1 is 1.56 bits per heavy atom. The number of hydrogen-bond acceptors (Lipinski definition) is 4. The molecule has 0 aromatic heterocycles. The van der Waals surface area contributed by atoms with Crippen LogP contribution in [0.5, 0.6) is 0 Å². The minimum Gasteiger partial charge on any atom is -0.377 e. The van der Waals surface area contributed by atoms with E-state index in [1.54, 1.807) is 0 Å². The number of ether oxygens (including phenoxy) is 1. The zero-order valence-corrected chi connectivity index (χ0v) is 5.67. The van der Waals surface area contributed by atoms with Crippen molar-refractivity contribution in [3.63, 3.8) is 0 Å². The molecule has 0 aliphatic rings. The van der Waals surface area contributed by atoms with Crippen molar-refractivity contribution in [2.75, 3.05) is 19.8 Å². The fourth-order valence-corrected chi connectivity index (χ4v) is 0.372. The standard InChI is InChI=1S/C5H14N2O2/c1-5(9-7)4-8-3-2-6/h5H,2-4,6-7H2,1H3. The first-order chi connectivity index (χ1) is 4.31. The molecule has 0 saturated heterocycles. The maximum atomic E-state index is 5.16. The van der Waals surface area contributed by atoms with Gasteiger partial charge < -0.3 is 10.5 Å². The average Bonchev–Trinajstić information content (AvgIpc) is 1.89. The molecule has 0 bridgehead atoms. The lowest BCUT2D eigenvalue weighted by molar-refractivity contribution is -0.00555. The van der Waals surface area contributed by atoms with Crippen LogP contribution in [0.15, 0.2) is 0 Å². The van der Waals surface area contributed by atoms with Crippen molar-refractivity contribution < 1.29 is 9.57 Å². The van der Waals surface area contributed by atoms with E-state index in [4.69, 9.17) is 16.4 Å². The van der Waals surface area contributed by atoms with Crippen LogP contribution in [0.1, 0.15) is 6.92 Å². The summed E-state index contributed by atoms with van der Waals surface area (Å²) in [4.78, 5) is 4.43. The quantitative estimate of drug-likeness (QED) is 0.383. The van der Waals surface area contributed by atoms with Gasteiger partial charge in [0.05, 0.1) is 19.3 Å². The van der Waals surface area contributed by atoms with Crippen LogP contribution in [0.2, 0.25) is 0 Å². The third-order valence-corrected chi connectivity index (χ3v) is 0.847. The van der Waals surface area contributed by atoms with Crippen LogP contribution in [0.25, 0.3) is 0 Å². The molecule has 0 radical (unpaired) electrons. The summed E-state index contributed by atoms with van der Waals surface area (Å²) in [5.41, 5.74) is 5.16. The molecule has 0 amide bonds. The highest BCUT2D eigenvalue weighted by atomic mass is 16.6. The van der Waals surface area contributed by atoms with Crippen LogP contribution in [0.4, 0.5) is 0 Å². The second-order valence-corrected chi connectivity index (χ2v) is 1.81. The van der Waals surface area contributed by atoms with Gasteiger partial charge in [0.1, 0.15) is 0 Å². The summed E-state index contributed by atoms with van der Waals surface area (Å²) >= 11 is 0. The lowest BCUT2D eigenvalue weighted by atomic mass is 10.4. The summed E-state index contributed by atoms with van der Waals surface area (Å²) in [6.45, 7) is 3.44. The van der Waals surface area contributed by atoms with E-state index in [0.29, 0.717) is 19.8 Å². The van der Waals surface area contributed by atoms with Crippen LogP contribution in [0.3, 0.4) is 0 Å². The predicted octanol–water partition coefficient (Wildman–Crippen LogP) is -0.759. The molecule has 1 atom stereocenters. The lowest BCUT2D eigenvalue weighted by Crippen LogP contribution is -2.21. The van der Waals surface area contributed by atoms with Gasteiger partial charge in [0, 0.05) is 6.54 Å². The molecule has 0 aromatic carbocycles. The van der Waals surface area contributed by atoms with Crippen molar-refractivity contribution in [1.29, 1.82) is 0 Å². The van der Waals surface area contributed by atoms with Crippen molar-refractivity contribution in [1.82, 2.24) is 0 Å². The van der Waals surface area contributed by atoms with E-state index in [1.165, 1.54) is 0 Å². The Morgan fingerprint density at radius 3 is 2.67 bits per heavy atom. The molecule has 4 nitrogen and oxygen atoms in total. The van der Waals surface area contributed by atoms with Gasteiger partial charge in [-0.3, -0.25) is 4.84 Å². The Balaban J connectivity index is 2.88. The summed E-state index contributed by atoms with van der Waals surface area (Å²) in [5.74, 6) is 4.84. The first-order valence-corrected chi connectivity index (χ1v) is 2.94. The van der Waals surface area contributed by atoms with Gasteiger partial charge in [-0.25, -0.2) is 5.90 Å². The van der Waals surface area contributed by atoms with E-state index in [0.717, 1.165) is 0 Å². The van der Waals surface area contributed by atoms with Gasteiger partial charge in [-0.1, -0.05) is 0 Å². The van der Waals surface area contributed by atoms with Crippen molar-refractivity contribution in [2.45, 2.75) is 13.0 Å². The van der Waals surface area contributed by atoms with Gasteiger partial charge in [0.25, 0.3) is 0 Å². The SMILES string of the molecule is CC(COCCN)ON. The lowest BCUT2D eigenvalue weighted by Gasteiger charge is -2.07. The Labute approximate surface area is 55.1 Å². The smallest absolute Gasteiger partial charge is 0.0992 e. The predicted molar refractivity (Wildman–Crippen MR) is 34.6 cm³/mol. The number of hydrogen-bond donors (Lipinski definition) is 2. The first-order valence-electron chi connectivity index (χ1n) is 2.94. The van der Waals surface area contributed by atoms with Crippen molar-refractivity contribution in [2.24, 2.45) is 11.6 Å². The number of nitrogens with two attached hydrogens (primary N) is 2. The zero-order chi connectivity index (χ0) is 7.11. The van der Waals surface area contributed by atoms with E-state index in [2.05, 4.69) is 4.84 Å². The maximum absolute atomic E-state index is 5.16. The van der Waals surface area contributed by atoms with Crippen molar-refractivity contribution in [3.8, 4) is 0 Å². The monoisotopic (exact) mass is 134 g/mol. The highest BCUT2D eigenvalue weighted by Gasteiger charge is 1.97. The molecule has 0 spiro atoms. The maximum Gasteiger partial charge on any atom is 0.0992 e. The Bertz CT molecular complexity index is 60.9. The molecule has 4 N–H and O–H groups in total. The Hall–Kier alpha value is -0.160. The second-order valence-electron chi connectivity index (χ2n) is 1.81. The normalized spacial score (nSPS) is 13.7. The summed E-state index contributed by atoms with van der Waals surface area (Å²) in [7, 11) is 0. The molecule has 0 aliphatic carbocycles. The van der Waals surface area contributed by atoms with Gasteiger partial charge in [-0.2, -0.15) is 0 Å². The topological polar surface area (TPSA) is 70.5 Å². The molecule has 0 saturated carbocycles. The summed E-state index contributed by atoms with van der Waals surface area (Å²) in [6.07, 6.45) is -0.0449. The first kappa shape index (κ1) is 8.84. The van der Waals surface area contributed by atoms with Gasteiger partial charge >= 0.3 is 0 Å². The Morgan fingerprint density at radius 2 is 2.22 bits per heavy atom. The molecule has 1 unspecified atom stereocenters. The average molecular weight is 134 g/mol. The number of rotatable bonds is 5. The molecule has 0 aromatic rings. The molecule has 9 heavy (non-hydrogen) atoms. The van der Waals surface area contributed by atoms with E-state index in [9.17, 15) is 0 Å². The molecule has 4 heteroatoms. The zero-order valence-electron chi connectivity index (χ0n) is 5.67. The molecule has 56 valence electrons. The van der Waals surface area contributed by atoms with Gasteiger partial charge in [-0.05, 0) is 6.92 Å². The summed E-state index contributed by atoms with van der Waals surface area (Å²) in [5, 5.41) is 0. The van der Waals surface area contributed by atoms with E-state index in [-0.39, 0.29) is 6.10 Å². The molecular weight excluding hydrogens is 120 g/mol. The van der Waals surface area contributed by atoms with Gasteiger partial charge in [0.15, 0.2) is 0 Å². The van der Waals surface area contributed by atoms with Gasteiger partial charge in [0.2, 0.25) is 0 Å². The molecule has 0 aliphatic heterocycles. The van der Waals surface area contributed by atoms with E-state index in [1.807, 2.05) is 6.92 Å². The molecular formula is C5H14N2O2. The third kappa shape index (κ3) is 5.72. The Kier molecular flexibility index (Phi) is 5.86. The fourth-order valence-electron chi connectivity index (χ4n) is 0.372. The van der Waals surface area contributed by atoms with Crippen LogP contribution in [0, 0.1) is 0 Å². The second kappa shape index (κ2) is 5.97. The van der Waals surface area contributed by atoms with Crippen LogP contribution >= 0.6 is 0 Å². The van der Waals surface area contributed by atoms with Crippen molar-refractivity contribution >= 4 is 0 Å². The summed E-state index contributed by atoms with van der Waals surface area (Å²) < 4.78 is 5.01. The minimum atomic E-state index is -0.0449. The van der Waals surface area contributed by atoms with Crippen LogP contribution in [-0.2, 0) is 9.57 Å². The fraction of sp³-hybridized carbons (Fsp3) is 1.00. The molecule has 0 heterocycles. The van der Waals surface area contributed by atoms with Crippen LogP contribution < -0.4 is 11.6 Å². The third-order valence-electron chi connectivity index (χ3n) is 0.847. The van der Waals surface area contributed by atoms with Crippen molar-refractivity contribution in [3.05, 3.63) is 0 Å². The van der Waals surface area contributed by atoms with E-state index < -0.39 is 0 Å². The van der Waals surface area contributed by atoms with Gasteiger partial charge in [-0.15, -0.1) is 0 Å². The molecule has 0 fully saturated rings. The van der Waals surface area contributed by atoms with Crippen LogP contribution in [-0.4, -0.2) is 25.9 Å².